The van der Waals surface area contributed by atoms with Gasteiger partial charge in [-0.15, -0.1) is 0 Å². The molecule has 2 aliphatic heterocycles. The largest absolute Gasteiger partial charge is 0.381 e. The van der Waals surface area contributed by atoms with Gasteiger partial charge in [-0.3, -0.25) is 0 Å². The number of aryl methyl sites for hydroxylation is 1. The zero-order valence-corrected chi connectivity index (χ0v) is 10.4. The maximum absolute atomic E-state index is 5.53. The molecule has 1 atom stereocenters. The molecule has 1 unspecified atom stereocenters. The van der Waals surface area contributed by atoms with Crippen molar-refractivity contribution in [2.24, 2.45) is 5.41 Å². The van der Waals surface area contributed by atoms with E-state index in [0.717, 1.165) is 43.7 Å². The van der Waals surface area contributed by atoms with Gasteiger partial charge in [-0.25, -0.2) is 4.98 Å². The van der Waals surface area contributed by atoms with Crippen LogP contribution < -0.4 is 4.90 Å². The molecule has 16 heavy (non-hydrogen) atoms. The molecule has 2 aliphatic rings. The van der Waals surface area contributed by atoms with E-state index in [1.807, 2.05) is 0 Å². The fourth-order valence-corrected chi connectivity index (χ4v) is 3.36. The van der Waals surface area contributed by atoms with E-state index in [-0.39, 0.29) is 0 Å². The van der Waals surface area contributed by atoms with Crippen molar-refractivity contribution in [3.05, 3.63) is 5.82 Å². The van der Waals surface area contributed by atoms with Gasteiger partial charge in [0.15, 0.2) is 0 Å². The number of ether oxygens (including phenoxy) is 1. The highest BCUT2D eigenvalue weighted by Gasteiger charge is 2.42. The lowest BCUT2D eigenvalue weighted by Crippen LogP contribution is -2.27. The molecule has 2 fully saturated rings. The van der Waals surface area contributed by atoms with Crippen molar-refractivity contribution in [1.82, 2.24) is 9.36 Å². The minimum Gasteiger partial charge on any atom is -0.381 e. The highest BCUT2D eigenvalue weighted by Crippen LogP contribution is 2.40. The van der Waals surface area contributed by atoms with E-state index >= 15 is 0 Å². The van der Waals surface area contributed by atoms with Crippen LogP contribution in [0.25, 0.3) is 0 Å². The van der Waals surface area contributed by atoms with Crippen LogP contribution in [0.1, 0.15) is 25.6 Å². The first-order valence-corrected chi connectivity index (χ1v) is 6.74. The van der Waals surface area contributed by atoms with Crippen LogP contribution in [0.15, 0.2) is 0 Å². The Labute approximate surface area is 99.8 Å². The third kappa shape index (κ3) is 1.72. The summed E-state index contributed by atoms with van der Waals surface area (Å²) in [4.78, 5) is 6.94. The van der Waals surface area contributed by atoms with E-state index < -0.39 is 0 Å². The number of aromatic nitrogens is 2. The lowest BCUT2D eigenvalue weighted by molar-refractivity contribution is 0.160. The van der Waals surface area contributed by atoms with E-state index in [0.29, 0.717) is 5.41 Å². The van der Waals surface area contributed by atoms with E-state index in [4.69, 9.17) is 4.74 Å². The summed E-state index contributed by atoms with van der Waals surface area (Å²) in [5.41, 5.74) is 0.415. The Morgan fingerprint density at radius 1 is 1.50 bits per heavy atom. The monoisotopic (exact) mass is 239 g/mol. The Balaban J connectivity index is 1.73. The van der Waals surface area contributed by atoms with E-state index in [1.54, 1.807) is 0 Å². The van der Waals surface area contributed by atoms with Crippen LogP contribution >= 0.6 is 11.5 Å². The Hall–Kier alpha value is -0.680. The SMILES string of the molecule is CCc1nsc(N2CCC3(CCOC3)C2)n1. The summed E-state index contributed by atoms with van der Waals surface area (Å²) in [6, 6.07) is 0. The second-order valence-corrected chi connectivity index (χ2v) is 5.55. The van der Waals surface area contributed by atoms with Crippen LogP contribution in [0.2, 0.25) is 0 Å². The van der Waals surface area contributed by atoms with Gasteiger partial charge in [0.1, 0.15) is 5.82 Å². The van der Waals surface area contributed by atoms with Crippen LogP contribution in [0, 0.1) is 5.41 Å². The lowest BCUT2D eigenvalue weighted by atomic mass is 9.87. The van der Waals surface area contributed by atoms with E-state index in [2.05, 4.69) is 21.2 Å². The van der Waals surface area contributed by atoms with Gasteiger partial charge in [0.2, 0.25) is 5.13 Å². The maximum Gasteiger partial charge on any atom is 0.205 e. The van der Waals surface area contributed by atoms with Gasteiger partial charge in [-0.1, -0.05) is 6.92 Å². The predicted octanol–water partition coefficient (Wildman–Crippen LogP) is 1.72. The van der Waals surface area contributed by atoms with Crippen molar-refractivity contribution >= 4 is 16.7 Å². The molecule has 1 aromatic rings. The summed E-state index contributed by atoms with van der Waals surface area (Å²) in [5.74, 6) is 0.976. The molecular formula is C11H17N3OS. The second-order valence-electron chi connectivity index (χ2n) is 4.82. The molecule has 4 nitrogen and oxygen atoms in total. The van der Waals surface area contributed by atoms with Gasteiger partial charge < -0.3 is 9.64 Å². The number of rotatable bonds is 2. The molecular weight excluding hydrogens is 222 g/mol. The average Bonchev–Trinajstić information content (AvgIpc) is 3.01. The molecule has 0 radical (unpaired) electrons. The highest BCUT2D eigenvalue weighted by molar-refractivity contribution is 7.09. The van der Waals surface area contributed by atoms with Crippen molar-refractivity contribution in [2.45, 2.75) is 26.2 Å². The van der Waals surface area contributed by atoms with Crippen LogP contribution in [0.5, 0.6) is 0 Å². The quantitative estimate of drug-likeness (QED) is 0.787. The molecule has 0 saturated carbocycles. The molecule has 0 aromatic carbocycles. The maximum atomic E-state index is 5.53. The van der Waals surface area contributed by atoms with Gasteiger partial charge in [-0.2, -0.15) is 4.37 Å². The smallest absolute Gasteiger partial charge is 0.205 e. The third-order valence-electron chi connectivity index (χ3n) is 3.67. The van der Waals surface area contributed by atoms with Gasteiger partial charge in [0.25, 0.3) is 0 Å². The van der Waals surface area contributed by atoms with Crippen LogP contribution in [0.3, 0.4) is 0 Å². The van der Waals surface area contributed by atoms with Gasteiger partial charge in [-0.05, 0) is 12.8 Å². The summed E-state index contributed by atoms with van der Waals surface area (Å²) in [6.45, 7) is 6.18. The second kappa shape index (κ2) is 3.96. The van der Waals surface area contributed by atoms with Crippen molar-refractivity contribution in [3.8, 4) is 0 Å². The zero-order chi connectivity index (χ0) is 11.0. The van der Waals surface area contributed by atoms with Crippen molar-refractivity contribution in [2.75, 3.05) is 31.2 Å². The molecule has 0 N–H and O–H groups in total. The first-order chi connectivity index (χ1) is 7.81. The van der Waals surface area contributed by atoms with Crippen molar-refractivity contribution < 1.29 is 4.74 Å². The number of hydrogen-bond acceptors (Lipinski definition) is 5. The van der Waals surface area contributed by atoms with Crippen LogP contribution in [-0.4, -0.2) is 35.7 Å². The Kier molecular flexibility index (Phi) is 2.59. The predicted molar refractivity (Wildman–Crippen MR) is 64.0 cm³/mol. The molecule has 5 heteroatoms. The summed E-state index contributed by atoms with van der Waals surface area (Å²) >= 11 is 1.54. The van der Waals surface area contributed by atoms with E-state index in [9.17, 15) is 0 Å². The fourth-order valence-electron chi connectivity index (χ4n) is 2.59. The summed E-state index contributed by atoms with van der Waals surface area (Å²) in [5, 5.41) is 1.10. The molecule has 0 bridgehead atoms. The molecule has 3 rings (SSSR count). The molecule has 0 aliphatic carbocycles. The van der Waals surface area contributed by atoms with Gasteiger partial charge in [0.05, 0.1) is 6.61 Å². The number of nitrogens with zero attached hydrogens (tertiary/aromatic N) is 3. The minimum absolute atomic E-state index is 0.415. The normalized spacial score (nSPS) is 29.4. The van der Waals surface area contributed by atoms with E-state index in [1.165, 1.54) is 24.4 Å². The summed E-state index contributed by atoms with van der Waals surface area (Å²) < 4.78 is 9.89. The summed E-state index contributed by atoms with van der Waals surface area (Å²) in [6.07, 6.45) is 3.38. The standard InChI is InChI=1S/C11H17N3OS/c1-2-9-12-10(16-13-9)14-5-3-11(7-14)4-6-15-8-11/h2-8H2,1H3. The molecule has 1 aromatic heterocycles. The molecule has 3 heterocycles. The molecule has 2 saturated heterocycles. The minimum atomic E-state index is 0.415. The first-order valence-electron chi connectivity index (χ1n) is 5.97. The van der Waals surface area contributed by atoms with Crippen molar-refractivity contribution in [1.29, 1.82) is 0 Å². The van der Waals surface area contributed by atoms with Crippen molar-refractivity contribution in [3.63, 3.8) is 0 Å². The lowest BCUT2D eigenvalue weighted by Gasteiger charge is -2.21. The highest BCUT2D eigenvalue weighted by atomic mass is 32.1. The molecule has 0 amide bonds. The Morgan fingerprint density at radius 3 is 3.12 bits per heavy atom. The molecule has 1 spiro atoms. The number of anilines is 1. The average molecular weight is 239 g/mol. The third-order valence-corrected chi connectivity index (χ3v) is 4.48. The summed E-state index contributed by atoms with van der Waals surface area (Å²) in [7, 11) is 0. The Morgan fingerprint density at radius 2 is 2.44 bits per heavy atom. The Bertz CT molecular complexity index is 373. The first kappa shape index (κ1) is 10.5. The fraction of sp³-hybridized carbons (Fsp3) is 0.818. The zero-order valence-electron chi connectivity index (χ0n) is 9.61. The topological polar surface area (TPSA) is 38.2 Å². The number of hydrogen-bond donors (Lipinski definition) is 0. The van der Waals surface area contributed by atoms with Crippen LogP contribution in [-0.2, 0) is 11.2 Å². The molecule has 88 valence electrons. The van der Waals surface area contributed by atoms with Gasteiger partial charge in [0, 0.05) is 43.1 Å². The van der Waals surface area contributed by atoms with Crippen LogP contribution in [0.4, 0.5) is 5.13 Å². The van der Waals surface area contributed by atoms with Gasteiger partial charge >= 0.3 is 0 Å².